The molecule has 0 aromatic heterocycles. The average molecular weight is 285 g/mol. The molecule has 120 valence electrons. The van der Waals surface area contributed by atoms with E-state index in [1.165, 1.54) is 65.1 Å². The molecule has 1 N–H and O–H groups in total. The van der Waals surface area contributed by atoms with E-state index in [1.54, 1.807) is 0 Å². The van der Waals surface area contributed by atoms with Gasteiger partial charge in [-0.1, -0.05) is 13.3 Å². The third-order valence-corrected chi connectivity index (χ3v) is 4.25. The summed E-state index contributed by atoms with van der Waals surface area (Å²) in [6.45, 7) is 12.3. The van der Waals surface area contributed by atoms with Crippen molar-refractivity contribution >= 4 is 0 Å². The van der Waals surface area contributed by atoms with Gasteiger partial charge in [-0.15, -0.1) is 0 Å². The van der Waals surface area contributed by atoms with Gasteiger partial charge in [0, 0.05) is 32.8 Å². The van der Waals surface area contributed by atoms with E-state index in [0.717, 1.165) is 19.4 Å². The Balaban J connectivity index is 2.12. The third-order valence-electron chi connectivity index (χ3n) is 4.25. The topological polar surface area (TPSA) is 30.0 Å². The number of unbranched alkanes of at least 4 members (excludes halogenated alkanes) is 2. The van der Waals surface area contributed by atoms with Crippen molar-refractivity contribution in [3.05, 3.63) is 0 Å². The summed E-state index contributed by atoms with van der Waals surface area (Å²) >= 11 is 0. The molecule has 0 saturated carbocycles. The maximum atomic E-state index is 8.89. The number of hydrogen-bond acceptors (Lipinski definition) is 4. The Morgan fingerprint density at radius 3 is 2.20 bits per heavy atom. The first-order chi connectivity index (χ1) is 9.76. The van der Waals surface area contributed by atoms with E-state index in [4.69, 9.17) is 5.11 Å². The van der Waals surface area contributed by atoms with Crippen LogP contribution in [0.1, 0.15) is 39.0 Å². The Bertz CT molecular complexity index is 218. The van der Waals surface area contributed by atoms with E-state index in [1.807, 2.05) is 0 Å². The minimum Gasteiger partial charge on any atom is -0.396 e. The quantitative estimate of drug-likeness (QED) is 0.583. The fraction of sp³-hybridized carbons (Fsp3) is 1.00. The molecule has 1 heterocycles. The van der Waals surface area contributed by atoms with Crippen LogP contribution in [0, 0.1) is 0 Å². The zero-order chi connectivity index (χ0) is 14.6. The lowest BCUT2D eigenvalue weighted by Crippen LogP contribution is -2.45. The van der Waals surface area contributed by atoms with Crippen LogP contribution in [0.5, 0.6) is 0 Å². The molecule has 4 heteroatoms. The number of likely N-dealkylation sites (N-methyl/N-ethyl adjacent to an activating group) is 1. The van der Waals surface area contributed by atoms with Crippen molar-refractivity contribution in [2.45, 2.75) is 39.0 Å². The summed E-state index contributed by atoms with van der Waals surface area (Å²) in [5, 5.41) is 8.89. The first kappa shape index (κ1) is 17.9. The highest BCUT2D eigenvalue weighted by Crippen LogP contribution is 2.04. The van der Waals surface area contributed by atoms with E-state index >= 15 is 0 Å². The molecule has 1 fully saturated rings. The van der Waals surface area contributed by atoms with Gasteiger partial charge < -0.3 is 19.8 Å². The van der Waals surface area contributed by atoms with Crippen molar-refractivity contribution in [1.82, 2.24) is 14.7 Å². The van der Waals surface area contributed by atoms with E-state index < -0.39 is 0 Å². The zero-order valence-corrected chi connectivity index (χ0v) is 13.7. The average Bonchev–Trinajstić information content (AvgIpc) is 2.46. The highest BCUT2D eigenvalue weighted by atomic mass is 16.2. The van der Waals surface area contributed by atoms with Gasteiger partial charge >= 0.3 is 0 Å². The monoisotopic (exact) mass is 285 g/mol. The van der Waals surface area contributed by atoms with Crippen molar-refractivity contribution in [2.24, 2.45) is 0 Å². The first-order valence-corrected chi connectivity index (χ1v) is 8.50. The Morgan fingerprint density at radius 1 is 0.900 bits per heavy atom. The fourth-order valence-corrected chi connectivity index (χ4v) is 2.75. The predicted molar refractivity (Wildman–Crippen MR) is 86.2 cm³/mol. The number of aliphatic hydroxyl groups excluding tert-OH is 1. The molecule has 0 amide bonds. The van der Waals surface area contributed by atoms with Gasteiger partial charge in [0.25, 0.3) is 0 Å². The lowest BCUT2D eigenvalue weighted by Gasteiger charge is -2.33. The molecular weight excluding hydrogens is 250 g/mol. The summed E-state index contributed by atoms with van der Waals surface area (Å²) in [7, 11) is 2.21. The molecule has 20 heavy (non-hydrogen) atoms. The Kier molecular flexibility index (Phi) is 10.3. The molecule has 0 spiro atoms. The molecule has 1 rings (SSSR count). The molecule has 1 aliphatic heterocycles. The second-order valence-electron chi connectivity index (χ2n) is 6.12. The molecule has 4 nitrogen and oxygen atoms in total. The minimum absolute atomic E-state index is 0.336. The Morgan fingerprint density at radius 2 is 1.55 bits per heavy atom. The van der Waals surface area contributed by atoms with E-state index in [2.05, 4.69) is 28.7 Å². The molecule has 1 saturated heterocycles. The molecular formula is C16H35N3O. The molecule has 1 aliphatic rings. The largest absolute Gasteiger partial charge is 0.396 e. The van der Waals surface area contributed by atoms with Gasteiger partial charge in [0.1, 0.15) is 0 Å². The van der Waals surface area contributed by atoms with Crippen LogP contribution in [0.15, 0.2) is 0 Å². The molecule has 0 aromatic carbocycles. The van der Waals surface area contributed by atoms with Crippen LogP contribution >= 0.6 is 0 Å². The van der Waals surface area contributed by atoms with Gasteiger partial charge in [-0.3, -0.25) is 0 Å². The molecule has 0 bridgehead atoms. The van der Waals surface area contributed by atoms with Crippen LogP contribution in [-0.4, -0.2) is 85.8 Å². The summed E-state index contributed by atoms with van der Waals surface area (Å²) in [5.41, 5.74) is 0. The van der Waals surface area contributed by atoms with Crippen molar-refractivity contribution in [3.8, 4) is 0 Å². The maximum absolute atomic E-state index is 8.89. The molecule has 0 aliphatic carbocycles. The SMILES string of the molecule is CCCCN(CCCCO)CCCN1CCN(C)CC1. The molecule has 0 radical (unpaired) electrons. The lowest BCUT2D eigenvalue weighted by molar-refractivity contribution is 0.145. The highest BCUT2D eigenvalue weighted by molar-refractivity contribution is 4.70. The van der Waals surface area contributed by atoms with Gasteiger partial charge in [0.2, 0.25) is 0 Å². The summed E-state index contributed by atoms with van der Waals surface area (Å²) < 4.78 is 0. The van der Waals surface area contributed by atoms with Gasteiger partial charge in [0.15, 0.2) is 0 Å². The van der Waals surface area contributed by atoms with E-state index in [9.17, 15) is 0 Å². The Labute approximate surface area is 125 Å². The highest BCUT2D eigenvalue weighted by Gasteiger charge is 2.13. The number of aliphatic hydroxyl groups is 1. The molecule has 0 aromatic rings. The van der Waals surface area contributed by atoms with Gasteiger partial charge in [0.05, 0.1) is 0 Å². The Hall–Kier alpha value is -0.160. The summed E-state index contributed by atoms with van der Waals surface area (Å²) in [6, 6.07) is 0. The number of hydrogen-bond donors (Lipinski definition) is 1. The van der Waals surface area contributed by atoms with Gasteiger partial charge in [-0.2, -0.15) is 0 Å². The van der Waals surface area contributed by atoms with Crippen LogP contribution < -0.4 is 0 Å². The number of piperazine rings is 1. The lowest BCUT2D eigenvalue weighted by atomic mass is 10.2. The van der Waals surface area contributed by atoms with Crippen LogP contribution in [0.4, 0.5) is 0 Å². The molecule has 0 atom stereocenters. The summed E-state index contributed by atoms with van der Waals surface area (Å²) in [4.78, 5) is 7.61. The van der Waals surface area contributed by atoms with Crippen molar-refractivity contribution < 1.29 is 5.11 Å². The third kappa shape index (κ3) is 8.20. The zero-order valence-electron chi connectivity index (χ0n) is 13.7. The van der Waals surface area contributed by atoms with Gasteiger partial charge in [-0.05, 0) is 58.9 Å². The number of nitrogens with zero attached hydrogens (tertiary/aromatic N) is 3. The standard InChI is InChI=1S/C16H35N3O/c1-3-4-8-18(9-5-6-16-20)10-7-11-19-14-12-17(2)13-15-19/h20H,3-16H2,1-2H3. The second kappa shape index (κ2) is 11.5. The van der Waals surface area contributed by atoms with Crippen LogP contribution in [-0.2, 0) is 0 Å². The minimum atomic E-state index is 0.336. The van der Waals surface area contributed by atoms with Crippen LogP contribution in [0.3, 0.4) is 0 Å². The second-order valence-corrected chi connectivity index (χ2v) is 6.12. The van der Waals surface area contributed by atoms with Crippen LogP contribution in [0.25, 0.3) is 0 Å². The van der Waals surface area contributed by atoms with Crippen molar-refractivity contribution in [2.75, 3.05) is 66.0 Å². The normalized spacial score (nSPS) is 18.0. The summed E-state index contributed by atoms with van der Waals surface area (Å²) in [5.74, 6) is 0. The van der Waals surface area contributed by atoms with E-state index in [-0.39, 0.29) is 0 Å². The molecule has 0 unspecified atom stereocenters. The van der Waals surface area contributed by atoms with Gasteiger partial charge in [-0.25, -0.2) is 0 Å². The fourth-order valence-electron chi connectivity index (χ4n) is 2.75. The maximum Gasteiger partial charge on any atom is 0.0431 e. The van der Waals surface area contributed by atoms with Crippen molar-refractivity contribution in [3.63, 3.8) is 0 Å². The van der Waals surface area contributed by atoms with Crippen molar-refractivity contribution in [1.29, 1.82) is 0 Å². The summed E-state index contributed by atoms with van der Waals surface area (Å²) in [6.07, 6.45) is 5.94. The first-order valence-electron chi connectivity index (χ1n) is 8.50. The predicted octanol–water partition coefficient (Wildman–Crippen LogP) is 1.50. The smallest absolute Gasteiger partial charge is 0.0431 e. The number of rotatable bonds is 11. The van der Waals surface area contributed by atoms with E-state index in [0.29, 0.717) is 6.61 Å². The van der Waals surface area contributed by atoms with Crippen LogP contribution in [0.2, 0.25) is 0 Å².